The third-order valence-electron chi connectivity index (χ3n) is 8.52. The maximum absolute atomic E-state index is 10.3. The van der Waals surface area contributed by atoms with Crippen LogP contribution in [0, 0.1) is 22.7 Å². The molecule has 0 spiro atoms. The van der Waals surface area contributed by atoms with Gasteiger partial charge in [-0.15, -0.1) is 11.3 Å². The highest BCUT2D eigenvalue weighted by Crippen LogP contribution is 2.43. The maximum Gasteiger partial charge on any atom is 0.0993 e. The standard InChI is InChI=1S/C38H20N4S/c39-21-23-13-15-34-31(19-23)28-8-2-4-10-32(28)41(34)25-17-24(22-40)18-26(20-25)42-33-11-5-1-7-27(33)29-14-16-36-37(38(29)42)30-9-3-6-12-35(30)43-36/h1-20H. The maximum atomic E-state index is 10.3. The smallest absolute Gasteiger partial charge is 0.0993 e. The fourth-order valence-electron chi connectivity index (χ4n) is 6.77. The molecule has 6 aromatic carbocycles. The Hall–Kier alpha value is -5.88. The third-order valence-corrected chi connectivity index (χ3v) is 9.66. The van der Waals surface area contributed by atoms with Crippen LogP contribution in [0.15, 0.2) is 121 Å². The van der Waals surface area contributed by atoms with Crippen molar-refractivity contribution in [2.75, 3.05) is 0 Å². The number of thiophene rings is 1. The minimum absolute atomic E-state index is 0.584. The van der Waals surface area contributed by atoms with E-state index in [4.69, 9.17) is 0 Å². The number of nitriles is 2. The van der Waals surface area contributed by atoms with Crippen LogP contribution >= 0.6 is 11.3 Å². The average molecular weight is 565 g/mol. The lowest BCUT2D eigenvalue weighted by molar-refractivity contribution is 1.13. The first-order chi connectivity index (χ1) is 21.2. The summed E-state index contributed by atoms with van der Waals surface area (Å²) in [6, 6.07) is 46.5. The van der Waals surface area contributed by atoms with Gasteiger partial charge in [-0.3, -0.25) is 0 Å². The normalized spacial score (nSPS) is 11.7. The Morgan fingerprint density at radius 1 is 0.465 bits per heavy atom. The molecule has 4 nitrogen and oxygen atoms in total. The number of para-hydroxylation sites is 2. The van der Waals surface area contributed by atoms with Crippen LogP contribution in [0.4, 0.5) is 0 Å². The van der Waals surface area contributed by atoms with Gasteiger partial charge >= 0.3 is 0 Å². The van der Waals surface area contributed by atoms with Gasteiger partial charge in [0.15, 0.2) is 0 Å². The summed E-state index contributed by atoms with van der Waals surface area (Å²) in [5.41, 5.74) is 7.32. The first-order valence-electron chi connectivity index (χ1n) is 14.1. The Labute approximate surface area is 250 Å². The van der Waals surface area contributed by atoms with Crippen molar-refractivity contribution in [1.82, 2.24) is 9.13 Å². The van der Waals surface area contributed by atoms with Crippen LogP contribution in [-0.4, -0.2) is 9.13 Å². The first kappa shape index (κ1) is 23.8. The molecule has 0 amide bonds. The summed E-state index contributed by atoms with van der Waals surface area (Å²) >= 11 is 1.81. The highest BCUT2D eigenvalue weighted by atomic mass is 32.1. The second-order valence-electron chi connectivity index (χ2n) is 10.8. The fourth-order valence-corrected chi connectivity index (χ4v) is 7.88. The zero-order chi connectivity index (χ0) is 28.7. The van der Waals surface area contributed by atoms with Crippen LogP contribution in [0.5, 0.6) is 0 Å². The predicted octanol–water partition coefficient (Wildman–Crippen LogP) is 9.99. The lowest BCUT2D eigenvalue weighted by Gasteiger charge is -2.14. The summed E-state index contributed by atoms with van der Waals surface area (Å²) in [7, 11) is 0. The monoisotopic (exact) mass is 564 g/mol. The molecule has 198 valence electrons. The van der Waals surface area contributed by atoms with Crippen molar-refractivity contribution in [1.29, 1.82) is 10.5 Å². The molecule has 0 N–H and O–H groups in total. The molecule has 3 aromatic heterocycles. The molecule has 0 saturated carbocycles. The number of hydrogen-bond donors (Lipinski definition) is 0. The summed E-state index contributed by atoms with van der Waals surface area (Å²) < 4.78 is 7.04. The Kier molecular flexibility index (Phi) is 4.87. The quantitative estimate of drug-likeness (QED) is 0.210. The molecule has 0 unspecified atom stereocenters. The molecule has 0 aliphatic carbocycles. The van der Waals surface area contributed by atoms with Crippen LogP contribution in [-0.2, 0) is 0 Å². The van der Waals surface area contributed by atoms with Gasteiger partial charge in [0.2, 0.25) is 0 Å². The molecular formula is C38H20N4S. The number of aromatic nitrogens is 2. The van der Waals surface area contributed by atoms with Gasteiger partial charge in [-0.1, -0.05) is 60.7 Å². The second-order valence-corrected chi connectivity index (χ2v) is 11.9. The van der Waals surface area contributed by atoms with E-state index in [0.29, 0.717) is 11.1 Å². The Balaban J connectivity index is 1.43. The van der Waals surface area contributed by atoms with Crippen molar-refractivity contribution in [3.63, 3.8) is 0 Å². The van der Waals surface area contributed by atoms with E-state index in [0.717, 1.165) is 44.2 Å². The van der Waals surface area contributed by atoms with E-state index in [1.54, 1.807) is 0 Å². The summed E-state index contributed by atoms with van der Waals surface area (Å²) in [5.74, 6) is 0. The van der Waals surface area contributed by atoms with Crippen LogP contribution in [0.2, 0.25) is 0 Å². The van der Waals surface area contributed by atoms with Gasteiger partial charge < -0.3 is 9.13 Å². The zero-order valence-corrected chi connectivity index (χ0v) is 23.6. The molecule has 0 bridgehead atoms. The van der Waals surface area contributed by atoms with Gasteiger partial charge in [0.05, 0.1) is 45.3 Å². The Bertz CT molecular complexity index is 2710. The molecule has 0 fully saturated rings. The van der Waals surface area contributed by atoms with Crippen molar-refractivity contribution in [3.05, 3.63) is 132 Å². The summed E-state index contributed by atoms with van der Waals surface area (Å²) in [5, 5.41) is 26.8. The fraction of sp³-hybridized carbons (Fsp3) is 0. The second kappa shape index (κ2) is 8.81. The van der Waals surface area contributed by atoms with Gasteiger partial charge in [-0.05, 0) is 60.7 Å². The summed E-state index contributed by atoms with van der Waals surface area (Å²) in [6.45, 7) is 0. The Morgan fingerprint density at radius 2 is 1.09 bits per heavy atom. The van der Waals surface area contributed by atoms with E-state index in [1.165, 1.54) is 30.9 Å². The van der Waals surface area contributed by atoms with Crippen LogP contribution in [0.25, 0.3) is 75.2 Å². The molecule has 0 aliphatic heterocycles. The zero-order valence-electron chi connectivity index (χ0n) is 22.7. The van der Waals surface area contributed by atoms with E-state index < -0.39 is 0 Å². The minimum Gasteiger partial charge on any atom is -0.309 e. The van der Waals surface area contributed by atoms with Crippen LogP contribution < -0.4 is 0 Å². The molecule has 0 atom stereocenters. The van der Waals surface area contributed by atoms with Crippen molar-refractivity contribution in [2.24, 2.45) is 0 Å². The number of fused-ring (bicyclic) bond motifs is 10. The molecule has 0 radical (unpaired) electrons. The Morgan fingerprint density at radius 3 is 1.86 bits per heavy atom. The number of nitrogens with zero attached hydrogens (tertiary/aromatic N) is 4. The first-order valence-corrected chi connectivity index (χ1v) is 14.9. The minimum atomic E-state index is 0.584. The number of benzene rings is 6. The molecule has 9 aromatic rings. The van der Waals surface area contributed by atoms with E-state index in [1.807, 2.05) is 53.8 Å². The predicted molar refractivity (Wildman–Crippen MR) is 177 cm³/mol. The largest absolute Gasteiger partial charge is 0.309 e. The van der Waals surface area contributed by atoms with Gasteiger partial charge in [0.25, 0.3) is 0 Å². The molecule has 0 saturated heterocycles. The molecular weight excluding hydrogens is 545 g/mol. The van der Waals surface area contributed by atoms with E-state index in [9.17, 15) is 10.5 Å². The molecule has 0 aliphatic rings. The third kappa shape index (κ3) is 3.29. The van der Waals surface area contributed by atoms with Crippen molar-refractivity contribution >= 4 is 75.1 Å². The lowest BCUT2D eigenvalue weighted by Crippen LogP contribution is -2.00. The van der Waals surface area contributed by atoms with Gasteiger partial charge in [-0.2, -0.15) is 10.5 Å². The molecule has 43 heavy (non-hydrogen) atoms. The number of rotatable bonds is 2. The van der Waals surface area contributed by atoms with E-state index >= 15 is 0 Å². The average Bonchev–Trinajstić information content (AvgIpc) is 3.71. The van der Waals surface area contributed by atoms with Crippen LogP contribution in [0.3, 0.4) is 0 Å². The van der Waals surface area contributed by atoms with Crippen LogP contribution in [0.1, 0.15) is 11.1 Å². The highest BCUT2D eigenvalue weighted by molar-refractivity contribution is 7.26. The van der Waals surface area contributed by atoms with E-state index in [2.05, 4.69) is 100 Å². The molecule has 3 heterocycles. The molecule has 9 rings (SSSR count). The highest BCUT2D eigenvalue weighted by Gasteiger charge is 2.20. The van der Waals surface area contributed by atoms with Crippen molar-refractivity contribution in [3.8, 4) is 23.5 Å². The van der Waals surface area contributed by atoms with Gasteiger partial charge in [0, 0.05) is 53.1 Å². The van der Waals surface area contributed by atoms with Crippen molar-refractivity contribution in [2.45, 2.75) is 0 Å². The van der Waals surface area contributed by atoms with Gasteiger partial charge in [0.1, 0.15) is 0 Å². The van der Waals surface area contributed by atoms with Crippen molar-refractivity contribution < 1.29 is 0 Å². The lowest BCUT2D eigenvalue weighted by atomic mass is 10.1. The summed E-state index contributed by atoms with van der Waals surface area (Å²) in [6.07, 6.45) is 0. The SMILES string of the molecule is N#Cc1cc(-n2c3ccccc3c3cc(C#N)ccc32)cc(-n2c3ccccc3c3ccc4sc5ccccc5c4c32)c1. The van der Waals surface area contributed by atoms with Gasteiger partial charge in [-0.25, -0.2) is 0 Å². The topological polar surface area (TPSA) is 57.4 Å². The van der Waals surface area contributed by atoms with E-state index in [-0.39, 0.29) is 0 Å². The summed E-state index contributed by atoms with van der Waals surface area (Å²) in [4.78, 5) is 0. The molecule has 5 heteroatoms. The number of hydrogen-bond acceptors (Lipinski definition) is 3.